The fraction of sp³-hybridized carbons (Fsp3) is 1.00. The van der Waals surface area contributed by atoms with Crippen molar-refractivity contribution in [3.05, 3.63) is 0 Å². The molecule has 0 aliphatic rings. The molecule has 9 unspecified atom stereocenters. The number of hydrogen-bond acceptors (Lipinski definition) is 0. The van der Waals surface area contributed by atoms with Crippen LogP contribution in [0.25, 0.3) is 0 Å². The molecule has 0 bridgehead atoms. The molecule has 9 atom stereocenters. The van der Waals surface area contributed by atoms with Crippen LogP contribution in [0.5, 0.6) is 0 Å². The van der Waals surface area contributed by atoms with Crippen LogP contribution in [0.2, 0.25) is 0 Å². The minimum atomic E-state index is -0.269. The smallest absolute Gasteiger partial charge is 0.00627 e. The molecule has 0 saturated carbocycles. The molecule has 0 heterocycles. The lowest BCUT2D eigenvalue weighted by molar-refractivity contribution is 0.419. The number of hydrogen-bond donors (Lipinski definition) is 0. The van der Waals surface area contributed by atoms with E-state index in [1.165, 1.54) is 57.8 Å². The van der Waals surface area contributed by atoms with Gasteiger partial charge < -0.3 is 0 Å². The molecule has 0 aliphatic carbocycles. The van der Waals surface area contributed by atoms with Crippen molar-refractivity contribution in [2.45, 2.75) is 135 Å². The summed E-state index contributed by atoms with van der Waals surface area (Å²) in [4.78, 5) is 0.870. The van der Waals surface area contributed by atoms with Crippen LogP contribution in [0.1, 0.15) is 120 Å². The van der Waals surface area contributed by atoms with Gasteiger partial charge in [-0.05, 0) is 37.0 Å². The standard InChI is InChI=1S/C24H54P4/c1-10-13-16-19(4)22(7,25)28(23(8,26)20(5)17-14-11-2)24(9,27)21(6)18-15-12-3/h19-21H,10-18,25-27H2,1-9H3. The fourth-order valence-corrected chi connectivity index (χ4v) is 16.3. The normalized spacial score (nSPS) is 23.1. The van der Waals surface area contributed by atoms with Gasteiger partial charge in [-0.1, -0.05) is 109 Å². The van der Waals surface area contributed by atoms with E-state index in [1.807, 2.05) is 0 Å². The first kappa shape index (κ1) is 29.7. The number of rotatable bonds is 15. The SMILES string of the molecule is CCCCC(C)C(C)(P)P(C(C)(P)C(C)CCCC)C(C)(P)C(C)CCCC. The molecular formula is C24H54P4. The van der Waals surface area contributed by atoms with Crippen molar-refractivity contribution in [1.29, 1.82) is 0 Å². The third kappa shape index (κ3) is 8.01. The second-order valence-corrected chi connectivity index (χ2v) is 18.8. The Bertz CT molecular complexity index is 355. The van der Waals surface area contributed by atoms with Crippen LogP contribution in [0.15, 0.2) is 0 Å². The quantitative estimate of drug-likeness (QED) is 0.211. The monoisotopic (exact) mass is 466 g/mol. The second kappa shape index (κ2) is 13.3. The van der Waals surface area contributed by atoms with Gasteiger partial charge in [0.25, 0.3) is 0 Å². The first-order valence-corrected chi connectivity index (χ1v) is 15.1. The van der Waals surface area contributed by atoms with E-state index in [9.17, 15) is 0 Å². The molecule has 28 heavy (non-hydrogen) atoms. The van der Waals surface area contributed by atoms with Gasteiger partial charge >= 0.3 is 0 Å². The van der Waals surface area contributed by atoms with Crippen LogP contribution in [0, 0.1) is 17.8 Å². The van der Waals surface area contributed by atoms with Crippen LogP contribution < -0.4 is 0 Å². The van der Waals surface area contributed by atoms with Gasteiger partial charge in [-0.2, -0.15) is 0 Å². The summed E-state index contributed by atoms with van der Waals surface area (Å²) >= 11 is 0. The predicted octanol–water partition coefficient (Wildman–Crippen LogP) is 9.72. The first-order chi connectivity index (χ1) is 12.8. The summed E-state index contributed by atoms with van der Waals surface area (Å²) in [7, 11) is 9.94. The molecule has 4 heteroatoms. The van der Waals surface area contributed by atoms with Crippen molar-refractivity contribution in [1.82, 2.24) is 0 Å². The Labute approximate surface area is 188 Å². The highest BCUT2D eigenvalue weighted by atomic mass is 31.2. The lowest BCUT2D eigenvalue weighted by Gasteiger charge is -2.59. The molecule has 0 aromatic heterocycles. The van der Waals surface area contributed by atoms with E-state index >= 15 is 0 Å². The minimum Gasteiger partial charge on any atom is -0.126 e. The maximum absolute atomic E-state index is 3.40. The van der Waals surface area contributed by atoms with Crippen LogP contribution in [-0.2, 0) is 0 Å². The van der Waals surface area contributed by atoms with Crippen molar-refractivity contribution in [3.63, 3.8) is 0 Å². The van der Waals surface area contributed by atoms with Gasteiger partial charge in [0.05, 0.1) is 0 Å². The maximum atomic E-state index is 3.40. The molecule has 0 N–H and O–H groups in total. The van der Waals surface area contributed by atoms with Crippen LogP contribution in [-0.4, -0.2) is 14.7 Å². The number of unbranched alkanes of at least 4 members (excludes halogenated alkanes) is 3. The van der Waals surface area contributed by atoms with Crippen LogP contribution in [0.3, 0.4) is 0 Å². The summed E-state index contributed by atoms with van der Waals surface area (Å²) < 4.78 is 0. The highest BCUT2D eigenvalue weighted by Crippen LogP contribution is 2.79. The average molecular weight is 467 g/mol. The summed E-state index contributed by atoms with van der Waals surface area (Å²) in [5.41, 5.74) is 0. The van der Waals surface area contributed by atoms with Crippen LogP contribution >= 0.6 is 35.6 Å². The van der Waals surface area contributed by atoms with Crippen molar-refractivity contribution in [2.24, 2.45) is 17.8 Å². The molecule has 0 spiro atoms. The van der Waals surface area contributed by atoms with Crippen LogP contribution in [0.4, 0.5) is 0 Å². The van der Waals surface area contributed by atoms with Gasteiger partial charge in [-0.25, -0.2) is 0 Å². The van der Waals surface area contributed by atoms with E-state index in [2.05, 4.69) is 90.0 Å². The average Bonchev–Trinajstić information content (AvgIpc) is 2.60. The third-order valence-electron chi connectivity index (χ3n) is 7.41. The van der Waals surface area contributed by atoms with Gasteiger partial charge in [0.2, 0.25) is 0 Å². The molecule has 0 aromatic carbocycles. The van der Waals surface area contributed by atoms with E-state index in [0.717, 1.165) is 17.8 Å². The van der Waals surface area contributed by atoms with Gasteiger partial charge in [0.1, 0.15) is 0 Å². The highest BCUT2D eigenvalue weighted by Gasteiger charge is 2.53. The summed E-state index contributed by atoms with van der Waals surface area (Å²) in [5.74, 6) is 2.21. The van der Waals surface area contributed by atoms with Gasteiger partial charge in [0, 0.05) is 14.7 Å². The summed E-state index contributed by atoms with van der Waals surface area (Å²) in [5, 5.41) is 0. The molecule has 0 nitrogen and oxygen atoms in total. The summed E-state index contributed by atoms with van der Waals surface area (Å²) in [6.45, 7) is 22.3. The Morgan fingerprint density at radius 3 is 0.964 bits per heavy atom. The summed E-state index contributed by atoms with van der Waals surface area (Å²) in [6.07, 6.45) is 12.0. The van der Waals surface area contributed by atoms with Gasteiger partial charge in [0.15, 0.2) is 0 Å². The zero-order valence-corrected chi connectivity index (χ0v) is 25.1. The maximum Gasteiger partial charge on any atom is 0.00627 e. The molecule has 0 amide bonds. The van der Waals surface area contributed by atoms with Crippen molar-refractivity contribution < 1.29 is 0 Å². The third-order valence-corrected chi connectivity index (χ3v) is 15.7. The molecule has 170 valence electrons. The molecule has 0 radical (unpaired) electrons. The Kier molecular flexibility index (Phi) is 14.1. The lowest BCUT2D eigenvalue weighted by Crippen LogP contribution is -2.44. The van der Waals surface area contributed by atoms with Gasteiger partial charge in [-0.3, -0.25) is 0 Å². The van der Waals surface area contributed by atoms with E-state index < -0.39 is 0 Å². The first-order valence-electron chi connectivity index (χ1n) is 12.0. The molecular weight excluding hydrogens is 412 g/mol. The predicted molar refractivity (Wildman–Crippen MR) is 147 cm³/mol. The largest absolute Gasteiger partial charge is 0.126 e. The molecule has 0 fully saturated rings. The second-order valence-electron chi connectivity index (χ2n) is 10.1. The minimum absolute atomic E-state index is 0.269. The van der Waals surface area contributed by atoms with Crippen molar-refractivity contribution >= 4 is 35.6 Å². The van der Waals surface area contributed by atoms with E-state index in [-0.39, 0.29) is 7.92 Å². The Morgan fingerprint density at radius 2 is 0.786 bits per heavy atom. The highest BCUT2D eigenvalue weighted by molar-refractivity contribution is 7.78. The van der Waals surface area contributed by atoms with E-state index in [0.29, 0.717) is 14.7 Å². The Morgan fingerprint density at radius 1 is 0.571 bits per heavy atom. The Balaban J connectivity index is 6.07. The Hall–Kier alpha value is 1.72. The van der Waals surface area contributed by atoms with Crippen molar-refractivity contribution in [3.8, 4) is 0 Å². The zero-order chi connectivity index (χ0) is 22.2. The fourth-order valence-electron chi connectivity index (χ4n) is 4.63. The lowest BCUT2D eigenvalue weighted by atomic mass is 9.99. The molecule has 0 aliphatic heterocycles. The zero-order valence-electron chi connectivity index (χ0n) is 20.8. The van der Waals surface area contributed by atoms with E-state index in [1.54, 1.807) is 0 Å². The van der Waals surface area contributed by atoms with Gasteiger partial charge in [-0.15, -0.1) is 27.7 Å². The van der Waals surface area contributed by atoms with E-state index in [4.69, 9.17) is 0 Å². The molecule has 0 saturated heterocycles. The van der Waals surface area contributed by atoms with Crippen molar-refractivity contribution in [2.75, 3.05) is 0 Å². The summed E-state index contributed by atoms with van der Waals surface area (Å²) in [6, 6.07) is 0. The molecule has 0 aromatic rings. The molecule has 0 rings (SSSR count). The topological polar surface area (TPSA) is 0 Å².